The lowest BCUT2D eigenvalue weighted by Gasteiger charge is -2.08. The lowest BCUT2D eigenvalue weighted by atomic mass is 10.2. The van der Waals surface area contributed by atoms with Gasteiger partial charge in [0.05, 0.1) is 16.5 Å². The summed E-state index contributed by atoms with van der Waals surface area (Å²) >= 11 is 1.07. The molecule has 0 aliphatic rings. The highest BCUT2D eigenvalue weighted by Gasteiger charge is 2.18. The van der Waals surface area contributed by atoms with Gasteiger partial charge in [-0.3, -0.25) is 14.2 Å². The topological polar surface area (TPSA) is 88.0 Å². The minimum atomic E-state index is -0.582. The Morgan fingerprint density at radius 2 is 1.84 bits per heavy atom. The van der Waals surface area contributed by atoms with E-state index in [1.807, 2.05) is 37.3 Å². The third-order valence-electron chi connectivity index (χ3n) is 4.58. The number of carbonyl (C=O) groups excluding carboxylic acids is 1. The van der Waals surface area contributed by atoms with E-state index in [4.69, 9.17) is 4.42 Å². The number of hydrogen-bond donors (Lipinski definition) is 1. The predicted octanol–water partition coefficient (Wildman–Crippen LogP) is 2.94. The second-order valence-electron chi connectivity index (χ2n) is 6.67. The number of nitrogens with zero attached hydrogens (tertiary/aromatic N) is 2. The first-order chi connectivity index (χ1) is 15.1. The summed E-state index contributed by atoms with van der Waals surface area (Å²) in [7, 11) is 0. The van der Waals surface area contributed by atoms with Gasteiger partial charge in [0.15, 0.2) is 5.57 Å². The highest BCUT2D eigenvalue weighted by Crippen LogP contribution is 2.12. The number of para-hydroxylation sites is 2. The van der Waals surface area contributed by atoms with Crippen LogP contribution in [0.3, 0.4) is 0 Å². The van der Waals surface area contributed by atoms with Crippen molar-refractivity contribution in [1.82, 2.24) is 4.57 Å². The Bertz CT molecular complexity index is 1460. The van der Waals surface area contributed by atoms with Crippen molar-refractivity contribution in [2.45, 2.75) is 6.92 Å². The number of thiazole rings is 1. The lowest BCUT2D eigenvalue weighted by Crippen LogP contribution is -2.32. The van der Waals surface area contributed by atoms with Gasteiger partial charge in [0, 0.05) is 11.8 Å². The molecular formula is C24H17N3O3S. The predicted molar refractivity (Wildman–Crippen MR) is 120 cm³/mol. The quantitative estimate of drug-likeness (QED) is 0.542. The molecular weight excluding hydrogens is 410 g/mol. The molecule has 1 amide bonds. The van der Waals surface area contributed by atoms with Crippen LogP contribution < -0.4 is 20.1 Å². The summed E-state index contributed by atoms with van der Waals surface area (Å²) in [5, 5.41) is 12.6. The summed E-state index contributed by atoms with van der Waals surface area (Å²) in [6.45, 7) is 1.87. The monoisotopic (exact) mass is 427 g/mol. The minimum Gasteiger partial charge on any atom is -0.465 e. The summed E-state index contributed by atoms with van der Waals surface area (Å²) in [4.78, 5) is 26.3. The summed E-state index contributed by atoms with van der Waals surface area (Å²) in [6, 6.07) is 21.6. The summed E-state index contributed by atoms with van der Waals surface area (Å²) < 4.78 is 7.36. The van der Waals surface area contributed by atoms with Gasteiger partial charge in [0.25, 0.3) is 11.5 Å². The maximum atomic E-state index is 13.3. The molecule has 4 rings (SSSR count). The van der Waals surface area contributed by atoms with E-state index in [0.717, 1.165) is 16.9 Å². The van der Waals surface area contributed by atoms with E-state index in [2.05, 4.69) is 5.32 Å². The van der Waals surface area contributed by atoms with Gasteiger partial charge in [-0.05, 0) is 42.8 Å². The molecule has 0 spiro atoms. The first-order valence-corrected chi connectivity index (χ1v) is 10.2. The maximum Gasteiger partial charge on any atom is 0.273 e. The molecule has 2 heterocycles. The van der Waals surface area contributed by atoms with Gasteiger partial charge in [0.1, 0.15) is 16.5 Å². The molecule has 0 fully saturated rings. The number of amides is 1. The van der Waals surface area contributed by atoms with Gasteiger partial charge in [-0.15, -0.1) is 11.3 Å². The third kappa shape index (κ3) is 4.10. The van der Waals surface area contributed by atoms with Crippen molar-refractivity contribution in [2.75, 3.05) is 5.32 Å². The number of hydrogen-bond acceptors (Lipinski definition) is 5. The van der Waals surface area contributed by atoms with E-state index < -0.39 is 5.91 Å². The van der Waals surface area contributed by atoms with Crippen molar-refractivity contribution in [3.63, 3.8) is 0 Å². The highest BCUT2D eigenvalue weighted by molar-refractivity contribution is 7.07. The number of aryl methyl sites for hydroxylation is 1. The van der Waals surface area contributed by atoms with Crippen molar-refractivity contribution >= 4 is 34.6 Å². The Hall–Kier alpha value is -4.15. The molecule has 7 heteroatoms. The molecule has 0 aliphatic heterocycles. The van der Waals surface area contributed by atoms with E-state index in [1.165, 1.54) is 10.8 Å². The van der Waals surface area contributed by atoms with Gasteiger partial charge >= 0.3 is 0 Å². The third-order valence-corrected chi connectivity index (χ3v) is 5.67. The van der Waals surface area contributed by atoms with Crippen LogP contribution in [-0.4, -0.2) is 10.5 Å². The molecule has 152 valence electrons. The molecule has 2 aromatic heterocycles. The SMILES string of the molecule is Cc1ccccc1-n1c(=O)/c(=C/c2ccco2)s/c1=C(\C#N)C(=O)Nc1ccccc1. The zero-order chi connectivity index (χ0) is 21.8. The highest BCUT2D eigenvalue weighted by atomic mass is 32.1. The molecule has 0 bridgehead atoms. The van der Waals surface area contributed by atoms with Crippen LogP contribution in [0.5, 0.6) is 0 Å². The van der Waals surface area contributed by atoms with Crippen LogP contribution in [0.2, 0.25) is 0 Å². The second-order valence-corrected chi connectivity index (χ2v) is 7.70. The molecule has 0 atom stereocenters. The van der Waals surface area contributed by atoms with Crippen LogP contribution in [0.1, 0.15) is 11.3 Å². The number of carbonyl (C=O) groups is 1. The van der Waals surface area contributed by atoms with Gasteiger partial charge < -0.3 is 9.73 Å². The van der Waals surface area contributed by atoms with E-state index in [-0.39, 0.29) is 15.8 Å². The van der Waals surface area contributed by atoms with Crippen LogP contribution >= 0.6 is 11.3 Å². The van der Waals surface area contributed by atoms with Crippen molar-refractivity contribution < 1.29 is 9.21 Å². The normalized spacial score (nSPS) is 12.3. The number of anilines is 1. The lowest BCUT2D eigenvalue weighted by molar-refractivity contribution is -0.111. The van der Waals surface area contributed by atoms with Crippen LogP contribution in [0.4, 0.5) is 5.69 Å². The first kappa shape index (κ1) is 20.1. The number of aromatic nitrogens is 1. The van der Waals surface area contributed by atoms with Crippen LogP contribution in [-0.2, 0) is 4.79 Å². The minimum absolute atomic E-state index is 0.145. The van der Waals surface area contributed by atoms with Crippen molar-refractivity contribution in [2.24, 2.45) is 0 Å². The Morgan fingerprint density at radius 1 is 1.10 bits per heavy atom. The van der Waals surface area contributed by atoms with Crippen molar-refractivity contribution in [3.8, 4) is 11.8 Å². The smallest absolute Gasteiger partial charge is 0.273 e. The molecule has 0 aliphatic carbocycles. The molecule has 1 N–H and O–H groups in total. The second kappa shape index (κ2) is 8.69. The Labute approximate surface area is 181 Å². The average Bonchev–Trinajstić information content (AvgIpc) is 3.39. The number of nitriles is 1. The van der Waals surface area contributed by atoms with E-state index in [1.54, 1.807) is 48.5 Å². The summed E-state index contributed by atoms with van der Waals surface area (Å²) in [6.07, 6.45) is 3.12. The van der Waals surface area contributed by atoms with E-state index in [9.17, 15) is 14.9 Å². The Kier molecular flexibility index (Phi) is 5.65. The van der Waals surface area contributed by atoms with Gasteiger partial charge in [-0.2, -0.15) is 5.26 Å². The van der Waals surface area contributed by atoms with Crippen LogP contribution in [0.25, 0.3) is 17.3 Å². The molecule has 0 radical (unpaired) electrons. The molecule has 2 aromatic carbocycles. The summed E-state index contributed by atoms with van der Waals surface area (Å²) in [5.41, 5.74) is 1.54. The molecule has 0 saturated heterocycles. The standard InChI is InChI=1S/C24H17N3O3S/c1-16-8-5-6-12-20(16)27-23(29)21(14-18-11-7-13-30-18)31-24(27)19(15-25)22(28)26-17-9-3-2-4-10-17/h2-14H,1H3,(H,26,28)/b21-14-,24-19+. The van der Waals surface area contributed by atoms with E-state index in [0.29, 0.717) is 21.7 Å². The fraction of sp³-hybridized carbons (Fsp3) is 0.0417. The maximum absolute atomic E-state index is 13.3. The largest absolute Gasteiger partial charge is 0.465 e. The average molecular weight is 427 g/mol. The van der Waals surface area contributed by atoms with Gasteiger partial charge in [-0.1, -0.05) is 36.4 Å². The molecule has 0 unspecified atom stereocenters. The van der Waals surface area contributed by atoms with Crippen LogP contribution in [0.15, 0.2) is 82.2 Å². The first-order valence-electron chi connectivity index (χ1n) is 9.42. The Balaban J connectivity index is 1.99. The Morgan fingerprint density at radius 3 is 2.52 bits per heavy atom. The van der Waals surface area contributed by atoms with Gasteiger partial charge in [-0.25, -0.2) is 0 Å². The van der Waals surface area contributed by atoms with Crippen molar-refractivity contribution in [1.29, 1.82) is 5.26 Å². The van der Waals surface area contributed by atoms with Gasteiger partial charge in [0.2, 0.25) is 0 Å². The molecule has 6 nitrogen and oxygen atoms in total. The molecule has 31 heavy (non-hydrogen) atoms. The fourth-order valence-electron chi connectivity index (χ4n) is 3.10. The zero-order valence-electron chi connectivity index (χ0n) is 16.5. The fourth-order valence-corrected chi connectivity index (χ4v) is 4.17. The van der Waals surface area contributed by atoms with Crippen molar-refractivity contribution in [3.05, 3.63) is 104 Å². The number of benzene rings is 2. The zero-order valence-corrected chi connectivity index (χ0v) is 17.3. The number of nitrogens with one attached hydrogen (secondary N) is 1. The molecule has 4 aromatic rings. The summed E-state index contributed by atoms with van der Waals surface area (Å²) in [5.74, 6) is -0.0732. The number of furan rings is 1. The molecule has 0 saturated carbocycles. The van der Waals surface area contributed by atoms with Crippen LogP contribution in [0, 0.1) is 18.3 Å². The van der Waals surface area contributed by atoms with E-state index >= 15 is 0 Å². The number of rotatable bonds is 4.